The third kappa shape index (κ3) is 3.50. The predicted molar refractivity (Wildman–Crippen MR) is 146 cm³/mol. The first kappa shape index (κ1) is 27.4. The second-order valence-electron chi connectivity index (χ2n) is 14.0. The highest BCUT2D eigenvalue weighted by molar-refractivity contribution is 5.90. The van der Waals surface area contributed by atoms with Crippen molar-refractivity contribution in [2.24, 2.45) is 51.8 Å². The quantitative estimate of drug-likeness (QED) is 0.270. The standard InChI is InChI=1S/C32H47NO6/c1-5-38-28(35)21-10-12-33(13-11-21)17-23-7-9-27(39-23)31-16-24-20(4)6-8-25(24)30(18-34)15-22(31)14-26(19(2)3)32(30,31)29(36)37/h14,18-25,27H,5-13,15-17H2,1-4H3,(H,36,37)/t20-,22?,23?,24-,25-,27?,30?,31?,32?/m1/s1. The van der Waals surface area contributed by atoms with E-state index in [0.29, 0.717) is 24.9 Å². The van der Waals surface area contributed by atoms with Gasteiger partial charge in [-0.25, -0.2) is 0 Å². The van der Waals surface area contributed by atoms with Crippen LogP contribution in [0.3, 0.4) is 0 Å². The zero-order chi connectivity index (χ0) is 27.7. The van der Waals surface area contributed by atoms with Gasteiger partial charge in [-0.15, -0.1) is 0 Å². The van der Waals surface area contributed by atoms with E-state index in [0.717, 1.165) is 76.4 Å². The van der Waals surface area contributed by atoms with Crippen molar-refractivity contribution in [3.63, 3.8) is 0 Å². The first-order valence-electron chi connectivity index (χ1n) is 15.6. The third-order valence-corrected chi connectivity index (χ3v) is 12.3. The fourth-order valence-electron chi connectivity index (χ4n) is 11.0. The maximum Gasteiger partial charge on any atom is 0.315 e. The van der Waals surface area contributed by atoms with Crippen LogP contribution < -0.4 is 0 Å². The number of aliphatic carboxylic acids is 1. The summed E-state index contributed by atoms with van der Waals surface area (Å²) in [6, 6.07) is 0. The lowest BCUT2D eigenvalue weighted by atomic mass is 9.41. The second kappa shape index (κ2) is 9.68. The summed E-state index contributed by atoms with van der Waals surface area (Å²) in [4.78, 5) is 41.6. The van der Waals surface area contributed by atoms with Gasteiger partial charge in [-0.05, 0) is 94.5 Å². The predicted octanol–water partition coefficient (Wildman–Crippen LogP) is 4.73. The van der Waals surface area contributed by atoms with Gasteiger partial charge in [0.15, 0.2) is 0 Å². The van der Waals surface area contributed by atoms with Gasteiger partial charge < -0.3 is 24.3 Å². The molecule has 7 nitrogen and oxygen atoms in total. The van der Waals surface area contributed by atoms with Crippen molar-refractivity contribution in [2.45, 2.75) is 91.3 Å². The minimum absolute atomic E-state index is 0.0116. The van der Waals surface area contributed by atoms with E-state index in [1.165, 1.54) is 0 Å². The number of piperidine rings is 1. The number of esters is 1. The molecule has 6 rings (SSSR count). The topological polar surface area (TPSA) is 93.1 Å². The Kier molecular flexibility index (Phi) is 6.81. The first-order chi connectivity index (χ1) is 18.7. The number of hydrogen-bond donors (Lipinski definition) is 1. The van der Waals surface area contributed by atoms with E-state index in [-0.39, 0.29) is 41.8 Å². The van der Waals surface area contributed by atoms with Gasteiger partial charge >= 0.3 is 11.9 Å². The Morgan fingerprint density at radius 3 is 2.54 bits per heavy atom. The SMILES string of the molecule is CCOC(=O)C1CCN(CC2CCC(C34C[C@@H]5[C@H](C)CC[C@H]5C5(C=O)CC3C=C(C(C)C)C45C(=O)O)O2)CC1. The van der Waals surface area contributed by atoms with Crippen molar-refractivity contribution in [3.05, 3.63) is 11.6 Å². The second-order valence-corrected chi connectivity index (χ2v) is 14.0. The maximum atomic E-state index is 13.7. The van der Waals surface area contributed by atoms with Crippen LogP contribution in [0.5, 0.6) is 0 Å². The summed E-state index contributed by atoms with van der Waals surface area (Å²) in [7, 11) is 0. The molecule has 0 aromatic rings. The lowest BCUT2D eigenvalue weighted by Gasteiger charge is -2.60. The Morgan fingerprint density at radius 2 is 1.90 bits per heavy atom. The molecular weight excluding hydrogens is 494 g/mol. The van der Waals surface area contributed by atoms with Crippen molar-refractivity contribution < 1.29 is 29.0 Å². The van der Waals surface area contributed by atoms with E-state index in [9.17, 15) is 19.5 Å². The molecule has 6 aliphatic rings. The van der Waals surface area contributed by atoms with Crippen LogP contribution in [-0.4, -0.2) is 66.7 Å². The van der Waals surface area contributed by atoms with Crippen molar-refractivity contribution >= 4 is 18.2 Å². The molecule has 39 heavy (non-hydrogen) atoms. The third-order valence-electron chi connectivity index (χ3n) is 12.3. The molecule has 2 aliphatic heterocycles. The van der Waals surface area contributed by atoms with Crippen LogP contribution in [0.25, 0.3) is 0 Å². The van der Waals surface area contributed by atoms with Crippen molar-refractivity contribution in [2.75, 3.05) is 26.2 Å². The molecular formula is C32H47NO6. The monoisotopic (exact) mass is 541 g/mol. The molecule has 0 aromatic carbocycles. The van der Waals surface area contributed by atoms with Gasteiger partial charge in [0, 0.05) is 12.0 Å². The smallest absolute Gasteiger partial charge is 0.315 e. The van der Waals surface area contributed by atoms with E-state index in [1.807, 2.05) is 6.92 Å². The molecule has 0 aromatic heterocycles. The highest BCUT2D eigenvalue weighted by atomic mass is 16.5. The molecule has 0 spiro atoms. The van der Waals surface area contributed by atoms with Crippen LogP contribution in [0.4, 0.5) is 0 Å². The number of ether oxygens (including phenoxy) is 2. The number of allylic oxidation sites excluding steroid dienone is 1. The lowest BCUT2D eigenvalue weighted by molar-refractivity contribution is -0.197. The summed E-state index contributed by atoms with van der Waals surface area (Å²) in [6.45, 7) is 11.3. The van der Waals surface area contributed by atoms with Gasteiger partial charge in [0.2, 0.25) is 0 Å². The number of carbonyl (C=O) groups is 3. The molecule has 4 aliphatic carbocycles. The van der Waals surface area contributed by atoms with Crippen molar-refractivity contribution in [1.82, 2.24) is 4.90 Å². The molecule has 9 atom stereocenters. The zero-order valence-electron chi connectivity index (χ0n) is 24.2. The number of rotatable bonds is 8. The summed E-state index contributed by atoms with van der Waals surface area (Å²) in [5.41, 5.74) is -1.56. The van der Waals surface area contributed by atoms with Gasteiger partial charge in [0.1, 0.15) is 11.7 Å². The highest BCUT2D eigenvalue weighted by Crippen LogP contribution is 2.84. The van der Waals surface area contributed by atoms with Crippen LogP contribution in [0.2, 0.25) is 0 Å². The number of carbonyl (C=O) groups excluding carboxylic acids is 2. The number of fused-ring (bicyclic) bond motifs is 2. The van der Waals surface area contributed by atoms with Gasteiger partial charge in [0.05, 0.1) is 30.1 Å². The van der Waals surface area contributed by atoms with Gasteiger partial charge in [-0.2, -0.15) is 0 Å². The number of aldehydes is 1. The van der Waals surface area contributed by atoms with Crippen LogP contribution >= 0.6 is 0 Å². The van der Waals surface area contributed by atoms with E-state index in [4.69, 9.17) is 9.47 Å². The average molecular weight is 542 g/mol. The number of carboxylic acid groups (broad SMARTS) is 1. The van der Waals surface area contributed by atoms with E-state index in [1.54, 1.807) is 0 Å². The summed E-state index contributed by atoms with van der Waals surface area (Å²) in [5.74, 6) is 0.335. The number of likely N-dealkylation sites (tertiary alicyclic amines) is 1. The summed E-state index contributed by atoms with van der Waals surface area (Å²) >= 11 is 0. The Hall–Kier alpha value is -1.73. The molecule has 0 amide bonds. The molecule has 5 fully saturated rings. The number of nitrogens with zero attached hydrogens (tertiary/aromatic N) is 1. The van der Waals surface area contributed by atoms with Gasteiger partial charge in [0.25, 0.3) is 0 Å². The minimum Gasteiger partial charge on any atom is -0.481 e. The molecule has 7 heteroatoms. The average Bonchev–Trinajstić information content (AvgIpc) is 3.64. The van der Waals surface area contributed by atoms with E-state index >= 15 is 0 Å². The molecule has 0 radical (unpaired) electrons. The summed E-state index contributed by atoms with van der Waals surface area (Å²) < 4.78 is 12.2. The molecule has 3 saturated carbocycles. The molecule has 4 bridgehead atoms. The minimum atomic E-state index is -1.16. The van der Waals surface area contributed by atoms with E-state index < -0.39 is 22.2 Å². The zero-order valence-corrected chi connectivity index (χ0v) is 24.2. The summed E-state index contributed by atoms with van der Waals surface area (Å²) in [6.07, 6.45) is 10.3. The molecule has 1 N–H and O–H groups in total. The summed E-state index contributed by atoms with van der Waals surface area (Å²) in [5, 5.41) is 11.3. The number of carboxylic acids is 1. The number of hydrogen-bond acceptors (Lipinski definition) is 6. The van der Waals surface area contributed by atoms with Crippen LogP contribution in [0.15, 0.2) is 11.6 Å². The van der Waals surface area contributed by atoms with Gasteiger partial charge in [-0.1, -0.05) is 38.8 Å². The first-order valence-corrected chi connectivity index (χ1v) is 15.6. The molecule has 6 unspecified atom stereocenters. The van der Waals surface area contributed by atoms with Crippen molar-refractivity contribution in [1.29, 1.82) is 0 Å². The Labute approximate surface area is 233 Å². The Morgan fingerprint density at radius 1 is 1.15 bits per heavy atom. The fraction of sp³-hybridized carbons (Fsp3) is 0.844. The normalized spacial score (nSPS) is 45.4. The largest absolute Gasteiger partial charge is 0.481 e. The highest BCUT2D eigenvalue weighted by Gasteiger charge is 2.86. The maximum absolute atomic E-state index is 13.7. The van der Waals surface area contributed by atoms with Crippen molar-refractivity contribution in [3.8, 4) is 0 Å². The molecule has 2 saturated heterocycles. The lowest BCUT2D eigenvalue weighted by Crippen LogP contribution is -2.65. The molecule has 2 heterocycles. The van der Waals surface area contributed by atoms with Gasteiger partial charge in [-0.3, -0.25) is 9.59 Å². The molecule has 216 valence electrons. The van der Waals surface area contributed by atoms with Crippen LogP contribution in [-0.2, 0) is 23.9 Å². The van der Waals surface area contributed by atoms with Crippen LogP contribution in [0.1, 0.15) is 79.1 Å². The fourth-order valence-corrected chi connectivity index (χ4v) is 11.0. The van der Waals surface area contributed by atoms with E-state index in [2.05, 4.69) is 31.7 Å². The van der Waals surface area contributed by atoms with Crippen LogP contribution in [0, 0.1) is 51.8 Å². The Balaban J connectivity index is 1.28. The Bertz CT molecular complexity index is 1050.